The fourth-order valence-corrected chi connectivity index (χ4v) is 9.17. The smallest absolute Gasteiger partial charge is 0.308 e. The van der Waals surface area contributed by atoms with E-state index in [1.807, 2.05) is 27.7 Å². The molecule has 4 aliphatic rings. The van der Waals surface area contributed by atoms with E-state index in [9.17, 15) is 34.2 Å². The van der Waals surface area contributed by atoms with Crippen molar-refractivity contribution in [3.63, 3.8) is 0 Å². The van der Waals surface area contributed by atoms with Crippen molar-refractivity contribution in [1.82, 2.24) is 0 Å². The van der Waals surface area contributed by atoms with Gasteiger partial charge in [0.2, 0.25) is 0 Å². The van der Waals surface area contributed by atoms with Crippen molar-refractivity contribution < 1.29 is 38.9 Å². The summed E-state index contributed by atoms with van der Waals surface area (Å²) in [5.41, 5.74) is -4.23. The molecule has 8 heteroatoms. The van der Waals surface area contributed by atoms with Crippen molar-refractivity contribution in [1.29, 1.82) is 0 Å². The highest BCUT2D eigenvalue weighted by Crippen LogP contribution is 2.70. The van der Waals surface area contributed by atoms with Gasteiger partial charge in [0.15, 0.2) is 5.78 Å². The highest BCUT2D eigenvalue weighted by atomic mass is 16.5. The number of ketones is 4. The maximum Gasteiger partial charge on any atom is 0.308 e. The van der Waals surface area contributed by atoms with Gasteiger partial charge in [-0.15, -0.1) is 0 Å². The van der Waals surface area contributed by atoms with Crippen molar-refractivity contribution in [2.75, 3.05) is 7.11 Å². The molecular formula is C31H44O8. The van der Waals surface area contributed by atoms with E-state index >= 15 is 0 Å². The Morgan fingerprint density at radius 1 is 1.10 bits per heavy atom. The molecule has 0 saturated heterocycles. The van der Waals surface area contributed by atoms with Crippen LogP contribution < -0.4 is 0 Å². The van der Waals surface area contributed by atoms with Gasteiger partial charge in [-0.1, -0.05) is 34.6 Å². The molecule has 39 heavy (non-hydrogen) atoms. The molecule has 0 aromatic rings. The third-order valence-electron chi connectivity index (χ3n) is 11.5. The van der Waals surface area contributed by atoms with Gasteiger partial charge in [-0.2, -0.15) is 0 Å². The molecule has 2 saturated carbocycles. The minimum absolute atomic E-state index is 0.00501. The van der Waals surface area contributed by atoms with Crippen LogP contribution in [0.2, 0.25) is 0 Å². The molecule has 0 bridgehead atoms. The maximum atomic E-state index is 14.1. The van der Waals surface area contributed by atoms with E-state index < -0.39 is 51.2 Å². The number of rotatable bonds is 6. The molecular weight excluding hydrogens is 500 g/mol. The fraction of sp³-hybridized carbons (Fsp3) is 0.774. The van der Waals surface area contributed by atoms with Crippen molar-refractivity contribution in [2.24, 2.45) is 39.4 Å². The van der Waals surface area contributed by atoms with Crippen LogP contribution in [0.25, 0.3) is 0 Å². The van der Waals surface area contributed by atoms with E-state index in [0.717, 1.165) is 0 Å². The van der Waals surface area contributed by atoms with E-state index in [0.29, 0.717) is 24.0 Å². The number of Topliss-reactive ketones (excluding diaryl/α,β-unsaturated/α-hetero) is 4. The molecule has 0 amide bonds. The molecule has 8 atom stereocenters. The molecule has 0 spiro atoms. The van der Waals surface area contributed by atoms with Crippen LogP contribution in [0.4, 0.5) is 0 Å². The molecule has 216 valence electrons. The van der Waals surface area contributed by atoms with Crippen molar-refractivity contribution in [3.05, 3.63) is 11.1 Å². The molecule has 0 aliphatic heterocycles. The zero-order valence-electron chi connectivity index (χ0n) is 24.6. The normalized spacial score (nSPS) is 39.8. The van der Waals surface area contributed by atoms with Gasteiger partial charge >= 0.3 is 5.97 Å². The van der Waals surface area contributed by atoms with Crippen molar-refractivity contribution >= 4 is 29.1 Å². The second-order valence-electron chi connectivity index (χ2n) is 14.2. The molecule has 2 fully saturated rings. The molecule has 0 radical (unpaired) electrons. The van der Waals surface area contributed by atoms with Crippen LogP contribution in [0.5, 0.6) is 0 Å². The van der Waals surface area contributed by atoms with Crippen LogP contribution in [0, 0.1) is 39.4 Å². The SMILES string of the molecule is COC(=O)C(C)CC(=O)CC(C)(O)C1CC(=O)C2(C)C3=C(C(=O)CC12C)C1(C)CCC(=O)C(C)(C)C1CC3O. The lowest BCUT2D eigenvalue weighted by atomic mass is 9.42. The van der Waals surface area contributed by atoms with Gasteiger partial charge in [0, 0.05) is 54.4 Å². The molecule has 8 unspecified atom stereocenters. The average molecular weight is 545 g/mol. The Morgan fingerprint density at radius 2 is 1.72 bits per heavy atom. The third kappa shape index (κ3) is 4.03. The first kappa shape index (κ1) is 29.8. The Hall–Kier alpha value is -2.19. The van der Waals surface area contributed by atoms with Gasteiger partial charge in [0.05, 0.1) is 30.1 Å². The fourth-order valence-electron chi connectivity index (χ4n) is 9.17. The lowest BCUT2D eigenvalue weighted by Gasteiger charge is -2.60. The summed E-state index contributed by atoms with van der Waals surface area (Å²) in [5.74, 6) is -2.62. The summed E-state index contributed by atoms with van der Waals surface area (Å²) >= 11 is 0. The number of carbonyl (C=O) groups is 5. The number of fused-ring (bicyclic) bond motifs is 4. The van der Waals surface area contributed by atoms with E-state index in [1.165, 1.54) is 14.0 Å². The zero-order chi connectivity index (χ0) is 29.5. The molecule has 4 aliphatic carbocycles. The Morgan fingerprint density at radius 3 is 2.31 bits per heavy atom. The van der Waals surface area contributed by atoms with Crippen LogP contribution in [0.1, 0.15) is 93.4 Å². The summed E-state index contributed by atoms with van der Waals surface area (Å²) in [5, 5.41) is 23.3. The average Bonchev–Trinajstić information content (AvgIpc) is 3.03. The number of ether oxygens (including phenoxy) is 1. The molecule has 0 aromatic heterocycles. The Bertz CT molecular complexity index is 1180. The zero-order valence-corrected chi connectivity index (χ0v) is 24.6. The summed E-state index contributed by atoms with van der Waals surface area (Å²) in [6.07, 6.45) is -0.337. The number of esters is 1. The summed E-state index contributed by atoms with van der Waals surface area (Å²) in [6, 6.07) is 0. The van der Waals surface area contributed by atoms with E-state index in [2.05, 4.69) is 0 Å². The maximum absolute atomic E-state index is 14.1. The minimum Gasteiger partial charge on any atom is -0.469 e. The number of methoxy groups -OCH3 is 1. The molecule has 4 rings (SSSR count). The monoisotopic (exact) mass is 544 g/mol. The van der Waals surface area contributed by atoms with Crippen molar-refractivity contribution in [2.45, 2.75) is 105 Å². The first-order valence-electron chi connectivity index (χ1n) is 14.1. The number of allylic oxidation sites excluding steroid dienone is 1. The van der Waals surface area contributed by atoms with Crippen LogP contribution in [0.3, 0.4) is 0 Å². The van der Waals surface area contributed by atoms with Gasteiger partial charge in [0.1, 0.15) is 17.3 Å². The summed E-state index contributed by atoms with van der Waals surface area (Å²) in [7, 11) is 1.25. The number of hydrogen-bond acceptors (Lipinski definition) is 8. The highest BCUT2D eigenvalue weighted by molar-refractivity contribution is 6.05. The van der Waals surface area contributed by atoms with E-state index in [1.54, 1.807) is 13.8 Å². The minimum atomic E-state index is -1.61. The van der Waals surface area contributed by atoms with E-state index in [4.69, 9.17) is 4.74 Å². The number of carbonyl (C=O) groups excluding carboxylic acids is 5. The van der Waals surface area contributed by atoms with Gasteiger partial charge in [-0.25, -0.2) is 0 Å². The van der Waals surface area contributed by atoms with Crippen LogP contribution in [0.15, 0.2) is 11.1 Å². The first-order valence-corrected chi connectivity index (χ1v) is 14.1. The topological polar surface area (TPSA) is 135 Å². The molecule has 8 nitrogen and oxygen atoms in total. The largest absolute Gasteiger partial charge is 0.469 e. The summed E-state index contributed by atoms with van der Waals surface area (Å²) in [6.45, 7) is 12.5. The predicted octanol–water partition coefficient (Wildman–Crippen LogP) is 3.54. The van der Waals surface area contributed by atoms with Gasteiger partial charge < -0.3 is 14.9 Å². The summed E-state index contributed by atoms with van der Waals surface area (Å²) < 4.78 is 4.71. The second kappa shape index (κ2) is 9.16. The Balaban J connectivity index is 1.76. The van der Waals surface area contributed by atoms with Gasteiger partial charge in [-0.05, 0) is 43.6 Å². The number of aliphatic hydroxyl groups excluding tert-OH is 1. The Labute approximate surface area is 230 Å². The quantitative estimate of drug-likeness (QED) is 0.485. The lowest BCUT2D eigenvalue weighted by Crippen LogP contribution is -2.60. The van der Waals surface area contributed by atoms with E-state index in [-0.39, 0.29) is 61.2 Å². The summed E-state index contributed by atoms with van der Waals surface area (Å²) in [4.78, 5) is 65.6. The Kier molecular flexibility index (Phi) is 7.00. The third-order valence-corrected chi connectivity index (χ3v) is 11.5. The van der Waals surface area contributed by atoms with Crippen LogP contribution >= 0.6 is 0 Å². The molecule has 0 heterocycles. The van der Waals surface area contributed by atoms with Crippen LogP contribution in [-0.2, 0) is 28.7 Å². The standard InChI is InChI=1S/C31H44O8/c1-16(26(37)39-8)11-17(32)14-30(6,38)21-13-23(36)31(7)25-18(33)12-20-27(2,3)22(35)9-10-28(20,4)24(25)19(34)15-29(21,31)5/h16,18,20-21,33,38H,9-15H2,1-8H3. The lowest BCUT2D eigenvalue weighted by molar-refractivity contribution is -0.150. The second-order valence-corrected chi connectivity index (χ2v) is 14.2. The molecule has 0 aromatic carbocycles. The number of hydrogen-bond donors (Lipinski definition) is 2. The van der Waals surface area contributed by atoms with Gasteiger partial charge in [0.25, 0.3) is 0 Å². The van der Waals surface area contributed by atoms with Gasteiger partial charge in [-0.3, -0.25) is 24.0 Å². The van der Waals surface area contributed by atoms with Crippen molar-refractivity contribution in [3.8, 4) is 0 Å². The number of aliphatic hydroxyl groups is 2. The molecule has 2 N–H and O–H groups in total. The predicted molar refractivity (Wildman–Crippen MR) is 142 cm³/mol. The van der Waals surface area contributed by atoms with Crippen LogP contribution in [-0.4, -0.2) is 58.1 Å². The highest BCUT2D eigenvalue weighted by Gasteiger charge is 2.71. The first-order chi connectivity index (χ1) is 17.8.